The van der Waals surface area contributed by atoms with E-state index in [0.29, 0.717) is 21.8 Å². The number of allylic oxidation sites excluding steroid dienone is 1. The standard InChI is InChI=1S/C20H15N3O4S/c1-27-16-7-5-12(6-8-16)18-13(11-21-22-18)9-17-19(25)23(20(26)28-17)14-3-2-4-15(24)10-14/h2-11,24-25H,1H3. The molecule has 0 spiro atoms. The first kappa shape index (κ1) is 17.7. The smallest absolute Gasteiger partial charge is 0.315 e. The third-order valence-electron chi connectivity index (χ3n) is 4.18. The molecule has 0 atom stereocenters. The quantitative estimate of drug-likeness (QED) is 0.711. The van der Waals surface area contributed by atoms with Crippen molar-refractivity contribution in [3.8, 4) is 23.1 Å². The highest BCUT2D eigenvalue weighted by molar-refractivity contribution is 7.10. The molecule has 7 nitrogen and oxygen atoms in total. The van der Waals surface area contributed by atoms with E-state index < -0.39 is 0 Å². The summed E-state index contributed by atoms with van der Waals surface area (Å²) in [7, 11) is 1.60. The van der Waals surface area contributed by atoms with Crippen molar-refractivity contribution in [2.45, 2.75) is 0 Å². The number of benzene rings is 2. The summed E-state index contributed by atoms with van der Waals surface area (Å²) in [5.41, 5.74) is 2.52. The number of methoxy groups -OCH3 is 1. The van der Waals surface area contributed by atoms with E-state index in [2.05, 4.69) is 10.2 Å². The minimum atomic E-state index is -0.368. The van der Waals surface area contributed by atoms with Crippen LogP contribution in [0.25, 0.3) is 11.8 Å². The summed E-state index contributed by atoms with van der Waals surface area (Å²) in [6, 6.07) is 13.5. The van der Waals surface area contributed by atoms with E-state index in [-0.39, 0.29) is 16.5 Å². The van der Waals surface area contributed by atoms with Crippen molar-refractivity contribution >= 4 is 29.3 Å². The number of phenolic OH excluding ortho intramolecular Hbond substituents is 1. The summed E-state index contributed by atoms with van der Waals surface area (Å²) >= 11 is 0.895. The van der Waals surface area contributed by atoms with E-state index in [0.717, 1.165) is 27.2 Å². The molecule has 0 saturated carbocycles. The van der Waals surface area contributed by atoms with Gasteiger partial charge in [-0.15, -0.1) is 5.10 Å². The number of ether oxygens (including phenoxy) is 1. The van der Waals surface area contributed by atoms with E-state index >= 15 is 0 Å². The van der Waals surface area contributed by atoms with Gasteiger partial charge in [-0.2, -0.15) is 5.10 Å². The lowest BCUT2D eigenvalue weighted by atomic mass is 10.0. The maximum atomic E-state index is 12.4. The molecule has 4 rings (SSSR count). The van der Waals surface area contributed by atoms with Crippen molar-refractivity contribution < 1.29 is 14.9 Å². The molecule has 0 saturated heterocycles. The van der Waals surface area contributed by atoms with Crippen LogP contribution in [-0.2, 0) is 0 Å². The Morgan fingerprint density at radius 1 is 1.14 bits per heavy atom. The van der Waals surface area contributed by atoms with Gasteiger partial charge in [-0.25, -0.2) is 4.57 Å². The maximum absolute atomic E-state index is 12.4. The zero-order chi connectivity index (χ0) is 19.7. The molecule has 8 heteroatoms. The van der Waals surface area contributed by atoms with Crippen LogP contribution in [0.2, 0.25) is 0 Å². The van der Waals surface area contributed by atoms with Crippen molar-refractivity contribution in [2.24, 2.45) is 10.2 Å². The van der Waals surface area contributed by atoms with Crippen LogP contribution in [0.4, 0.5) is 0 Å². The fraction of sp³-hybridized carbons (Fsp3) is 0.0500. The molecule has 0 unspecified atom stereocenters. The van der Waals surface area contributed by atoms with E-state index in [1.165, 1.54) is 12.1 Å². The van der Waals surface area contributed by atoms with E-state index in [1.54, 1.807) is 31.5 Å². The fourth-order valence-corrected chi connectivity index (χ4v) is 3.66. The number of rotatable bonds is 4. The monoisotopic (exact) mass is 393 g/mol. The summed E-state index contributed by atoms with van der Waals surface area (Å²) in [4.78, 5) is 12.4. The van der Waals surface area contributed by atoms with E-state index in [4.69, 9.17) is 4.74 Å². The van der Waals surface area contributed by atoms with Crippen molar-refractivity contribution in [2.75, 3.05) is 7.11 Å². The first-order valence-corrected chi connectivity index (χ1v) is 9.10. The Bertz CT molecular complexity index is 1190. The van der Waals surface area contributed by atoms with Gasteiger partial charge in [0.25, 0.3) is 0 Å². The zero-order valence-electron chi connectivity index (χ0n) is 14.7. The van der Waals surface area contributed by atoms with Gasteiger partial charge < -0.3 is 14.9 Å². The van der Waals surface area contributed by atoms with Crippen molar-refractivity contribution in [1.82, 2.24) is 4.57 Å². The van der Waals surface area contributed by atoms with Gasteiger partial charge in [-0.1, -0.05) is 17.4 Å². The average molecular weight is 393 g/mol. The van der Waals surface area contributed by atoms with Crippen LogP contribution >= 0.6 is 11.3 Å². The molecule has 0 aliphatic carbocycles. The summed E-state index contributed by atoms with van der Waals surface area (Å²) < 4.78 is 6.31. The molecular weight excluding hydrogens is 378 g/mol. The minimum Gasteiger partial charge on any atom is -0.508 e. The molecule has 3 aromatic rings. The molecule has 1 aliphatic rings. The molecule has 0 amide bonds. The Morgan fingerprint density at radius 3 is 2.64 bits per heavy atom. The lowest BCUT2D eigenvalue weighted by Gasteiger charge is -2.05. The molecule has 0 radical (unpaired) electrons. The Balaban J connectivity index is 1.73. The molecule has 1 aromatic heterocycles. The van der Waals surface area contributed by atoms with Gasteiger partial charge in [-0.05, 0) is 42.5 Å². The number of thiazole rings is 1. The molecular formula is C20H15N3O4S. The van der Waals surface area contributed by atoms with Gasteiger partial charge >= 0.3 is 4.87 Å². The summed E-state index contributed by atoms with van der Waals surface area (Å²) in [6.07, 6.45) is 3.24. The molecule has 2 heterocycles. The van der Waals surface area contributed by atoms with Gasteiger partial charge in [0, 0.05) is 17.2 Å². The lowest BCUT2D eigenvalue weighted by Crippen LogP contribution is -2.09. The molecule has 2 N–H and O–H groups in total. The molecule has 28 heavy (non-hydrogen) atoms. The Kier molecular flexibility index (Phi) is 4.54. The molecule has 0 bridgehead atoms. The summed E-state index contributed by atoms with van der Waals surface area (Å²) in [5, 5.41) is 28.3. The second-order valence-electron chi connectivity index (χ2n) is 5.93. The van der Waals surface area contributed by atoms with Crippen LogP contribution in [0.3, 0.4) is 0 Å². The number of aromatic hydroxyl groups is 2. The minimum absolute atomic E-state index is 0.00626. The molecule has 140 valence electrons. The van der Waals surface area contributed by atoms with Gasteiger partial charge in [-0.3, -0.25) is 4.79 Å². The number of phenols is 1. The fourth-order valence-electron chi connectivity index (χ4n) is 2.82. The molecule has 1 aliphatic heterocycles. The second-order valence-corrected chi connectivity index (χ2v) is 6.93. The number of hydrogen-bond donors (Lipinski definition) is 2. The highest BCUT2D eigenvalue weighted by atomic mass is 32.1. The van der Waals surface area contributed by atoms with Gasteiger partial charge in [0.05, 0.1) is 23.9 Å². The van der Waals surface area contributed by atoms with Crippen molar-refractivity contribution in [1.29, 1.82) is 0 Å². The highest BCUT2D eigenvalue weighted by Crippen LogP contribution is 2.28. The Labute approximate surface area is 163 Å². The topological polar surface area (TPSA) is 96.4 Å². The van der Waals surface area contributed by atoms with Crippen LogP contribution in [0.5, 0.6) is 17.4 Å². The van der Waals surface area contributed by atoms with E-state index in [1.807, 2.05) is 24.3 Å². The van der Waals surface area contributed by atoms with Gasteiger partial charge in [0.1, 0.15) is 17.2 Å². The van der Waals surface area contributed by atoms with Gasteiger partial charge in [0.2, 0.25) is 5.88 Å². The Morgan fingerprint density at radius 2 is 1.93 bits per heavy atom. The highest BCUT2D eigenvalue weighted by Gasteiger charge is 2.18. The van der Waals surface area contributed by atoms with E-state index in [9.17, 15) is 15.0 Å². The normalized spacial score (nSPS) is 14.5. The molecule has 2 aromatic carbocycles. The second kappa shape index (κ2) is 7.16. The largest absolute Gasteiger partial charge is 0.508 e. The SMILES string of the molecule is COc1ccc(C2=NN=CC2=Cc2sc(=O)n(-c3cccc(O)c3)c2O)cc1. The number of nitrogens with zero attached hydrogens (tertiary/aromatic N) is 3. The third-order valence-corrected chi connectivity index (χ3v) is 5.06. The first-order chi connectivity index (χ1) is 13.6. The van der Waals surface area contributed by atoms with Crippen LogP contribution in [-0.4, -0.2) is 33.8 Å². The van der Waals surface area contributed by atoms with Crippen molar-refractivity contribution in [3.05, 3.63) is 74.2 Å². The number of hydrogen-bond acceptors (Lipinski definition) is 7. The Hall–Kier alpha value is -3.65. The maximum Gasteiger partial charge on any atom is 0.315 e. The lowest BCUT2D eigenvalue weighted by molar-refractivity contribution is 0.415. The average Bonchev–Trinajstić information content (AvgIpc) is 3.26. The molecule has 0 fully saturated rings. The summed E-state index contributed by atoms with van der Waals surface area (Å²) in [5.74, 6) is 0.530. The van der Waals surface area contributed by atoms with Crippen LogP contribution in [0.1, 0.15) is 10.4 Å². The van der Waals surface area contributed by atoms with Crippen LogP contribution in [0.15, 0.2) is 69.1 Å². The third kappa shape index (κ3) is 3.21. The first-order valence-electron chi connectivity index (χ1n) is 8.28. The predicted molar refractivity (Wildman–Crippen MR) is 109 cm³/mol. The van der Waals surface area contributed by atoms with Gasteiger partial charge in [0.15, 0.2) is 0 Å². The predicted octanol–water partition coefficient (Wildman–Crippen LogP) is 3.19. The van der Waals surface area contributed by atoms with Crippen LogP contribution < -0.4 is 9.61 Å². The van der Waals surface area contributed by atoms with Crippen molar-refractivity contribution in [3.63, 3.8) is 0 Å². The zero-order valence-corrected chi connectivity index (χ0v) is 15.6. The number of aromatic nitrogens is 1. The van der Waals surface area contributed by atoms with Crippen LogP contribution in [0, 0.1) is 0 Å². The summed E-state index contributed by atoms with van der Waals surface area (Å²) in [6.45, 7) is 0.